The van der Waals surface area contributed by atoms with Crippen LogP contribution in [0.15, 0.2) is 0 Å². The van der Waals surface area contributed by atoms with Gasteiger partial charge >= 0.3 is 93.9 Å². The fourth-order valence-corrected chi connectivity index (χ4v) is 15.2. The topological polar surface area (TPSA) is 807 Å². The van der Waals surface area contributed by atoms with E-state index in [4.69, 9.17) is 78.7 Å². The predicted octanol–water partition coefficient (Wildman–Crippen LogP) is -1.63. The third-order valence-electron chi connectivity index (χ3n) is 10.2. The molecular formula is C39H97N5O54P12. The number of rotatable bonds is 78. The van der Waals surface area contributed by atoms with Crippen molar-refractivity contribution in [1.82, 2.24) is 26.6 Å². The summed E-state index contributed by atoms with van der Waals surface area (Å²) in [4.78, 5) is 129. The first-order valence-corrected chi connectivity index (χ1v) is 48.4. The number of phosphoric acid groups is 12. The second kappa shape index (κ2) is 58.0. The van der Waals surface area contributed by atoms with Gasteiger partial charge in [0.2, 0.25) is 0 Å². The molecule has 0 saturated carbocycles. The van der Waals surface area contributed by atoms with Crippen LogP contribution in [0, 0.1) is 0 Å². The van der Waals surface area contributed by atoms with Crippen molar-refractivity contribution in [3.63, 3.8) is 0 Å². The molecule has 0 aromatic carbocycles. The Morgan fingerprint density at radius 3 is 0.518 bits per heavy atom. The Bertz CT molecular complexity index is 3100. The summed E-state index contributed by atoms with van der Waals surface area (Å²) >= 11 is 0. The minimum absolute atomic E-state index is 0.0128. The third kappa shape index (κ3) is 64.8. The van der Waals surface area contributed by atoms with Crippen LogP contribution in [0.3, 0.4) is 0 Å². The second-order valence-corrected chi connectivity index (χ2v) is 36.6. The van der Waals surface area contributed by atoms with E-state index in [1.165, 1.54) is 28.2 Å². The van der Waals surface area contributed by atoms with E-state index < -0.39 is 276 Å². The molecule has 19 N–H and O–H groups in total. The average molecular weight is 1870 g/mol. The summed E-state index contributed by atoms with van der Waals surface area (Å²) in [6, 6.07) is 0. The van der Waals surface area contributed by atoms with E-state index >= 15 is 0 Å². The van der Waals surface area contributed by atoms with E-state index in [0.717, 1.165) is 0 Å². The highest BCUT2D eigenvalue weighted by atomic mass is 31.2. The zero-order valence-electron chi connectivity index (χ0n) is 58.9. The van der Waals surface area contributed by atoms with Crippen molar-refractivity contribution < 1.29 is 251 Å². The summed E-state index contributed by atoms with van der Waals surface area (Å²) in [5, 5.41) is 22.2. The monoisotopic (exact) mass is 1870 g/mol. The highest BCUT2D eigenvalue weighted by Crippen LogP contribution is 2.54. The number of aliphatic hydroxyl groups excluding tert-OH is 1. The van der Waals surface area contributed by atoms with Crippen molar-refractivity contribution in [2.45, 2.75) is 30.5 Å². The Morgan fingerprint density at radius 2 is 0.355 bits per heavy atom. The van der Waals surface area contributed by atoms with Gasteiger partial charge in [-0.1, -0.05) is 0 Å². The molecule has 0 rings (SSSR count). The maximum absolute atomic E-state index is 12.9. The summed E-state index contributed by atoms with van der Waals surface area (Å²) in [6.45, 7) is -21.8. The molecular weight excluding hydrogens is 1770 g/mol. The normalized spacial score (nSPS) is 20.0. The number of hydrogen-bond acceptors (Lipinski definition) is 46. The molecule has 0 aromatic heterocycles. The molecule has 0 radical (unpaired) electrons. The number of hydrogen-bond donors (Lipinski definition) is 19. The molecule has 0 aliphatic carbocycles. The van der Waals surface area contributed by atoms with Gasteiger partial charge < -0.3 is 92.4 Å². The third-order valence-corrected chi connectivity index (χ3v) is 22.1. The standard InChI is InChI=1S/C39H97N5O54P12/c1-40-30-71-21-35(20-45)95-107(63,64)86-17-13-83-104(57,58)91-28-38(24-74-33-43-4)97-109(67,68)88-19-15-85-106(61,62)93-29-39(25-75-34-44-5)98-110(69,70)89-18-14-84-105(59,60)92-27-37(23-73-32-42-3)96-108(65,66)87-16-12-81-102(53,54)79-9-8-77-100(49,50)76-6-7-78-101(51,52)80-10-11-82-103(55,56)90-26-36(22-72-31-41-2)94-99(46,47)48/h35-45H,6-34H2,1-5H3,(H,49,50)(H,51,52)(H,53,54)(H,55,56)(H,57,58)(H,59,60)(H,61,62)(H,63,64)(H,65,66)(H,67,68)(H,69,70)(H2,46,47,48). The van der Waals surface area contributed by atoms with E-state index in [9.17, 15) is 114 Å². The van der Waals surface area contributed by atoms with E-state index in [2.05, 4.69) is 85.4 Å². The van der Waals surface area contributed by atoms with Crippen molar-refractivity contribution >= 4 is 93.9 Å². The van der Waals surface area contributed by atoms with Crippen LogP contribution in [0.25, 0.3) is 0 Å². The Morgan fingerprint density at radius 1 is 0.209 bits per heavy atom. The molecule has 71 heteroatoms. The van der Waals surface area contributed by atoms with Gasteiger partial charge in [0.1, 0.15) is 30.5 Å². The number of phosphoric ester groups is 12. The SMILES string of the molecule is CNCOCC(COP(=O)(O)OCCOP(=O)(O)OCCOP(=O)(O)OCCOP(=O)(O)OCCOP(=O)(O)OC(COCNC)COP(=O)(O)OCCOP(=O)(O)OC(COCNC)COP(=O)(O)OCCOP(=O)(O)OC(COCNC)COP(=O)(O)OCCOP(=O)(O)OC(CO)COCNC)OP(=O)(O)O. The van der Waals surface area contributed by atoms with Gasteiger partial charge in [-0.3, -0.25) is 131 Å². The van der Waals surface area contributed by atoms with Crippen LogP contribution >= 0.6 is 93.9 Å². The lowest BCUT2D eigenvalue weighted by Crippen LogP contribution is -2.27. The van der Waals surface area contributed by atoms with Gasteiger partial charge in [0.25, 0.3) is 0 Å². The number of ether oxygens (including phenoxy) is 5. The fourth-order valence-electron chi connectivity index (χ4n) is 6.19. The van der Waals surface area contributed by atoms with Crippen LogP contribution in [0.2, 0.25) is 0 Å². The van der Waals surface area contributed by atoms with Gasteiger partial charge in [-0.2, -0.15) is 0 Å². The Kier molecular flexibility index (Phi) is 58.5. The van der Waals surface area contributed by atoms with Crippen LogP contribution in [0.1, 0.15) is 0 Å². The first kappa shape index (κ1) is 111. The van der Waals surface area contributed by atoms with E-state index in [-0.39, 0.29) is 40.3 Å². The quantitative estimate of drug-likeness (QED) is 0.0185. The molecule has 662 valence electrons. The van der Waals surface area contributed by atoms with Gasteiger partial charge in [0.05, 0.1) is 192 Å². The first-order valence-electron chi connectivity index (χ1n) is 30.4. The Balaban J connectivity index is 5.11. The zero-order valence-corrected chi connectivity index (χ0v) is 69.6. The lowest BCUT2D eigenvalue weighted by molar-refractivity contribution is -0.0139. The van der Waals surface area contributed by atoms with Crippen LogP contribution in [-0.4, -0.2) is 327 Å². The molecule has 0 bridgehead atoms. The number of nitrogens with one attached hydrogen (secondary N) is 5. The van der Waals surface area contributed by atoms with E-state index in [1.807, 2.05) is 0 Å². The summed E-state index contributed by atoms with van der Waals surface area (Å²) in [7, 11) is -54.1. The molecule has 0 aromatic rings. The Labute approximate surface area is 627 Å². The molecule has 16 atom stereocenters. The highest BCUT2D eigenvalue weighted by molar-refractivity contribution is 7.50. The molecule has 0 amide bonds. The number of aliphatic hydroxyl groups is 1. The largest absolute Gasteiger partial charge is 0.472 e. The zero-order chi connectivity index (χ0) is 83.7. The maximum Gasteiger partial charge on any atom is 0.472 e. The molecule has 0 fully saturated rings. The van der Waals surface area contributed by atoms with Crippen molar-refractivity contribution in [2.75, 3.05) is 227 Å². The molecule has 0 aliphatic rings. The molecule has 0 saturated heterocycles. The lowest BCUT2D eigenvalue weighted by Gasteiger charge is -2.23. The van der Waals surface area contributed by atoms with Gasteiger partial charge in [0, 0.05) is 0 Å². The van der Waals surface area contributed by atoms with Crippen LogP contribution in [0.4, 0.5) is 0 Å². The highest BCUT2D eigenvalue weighted by Gasteiger charge is 2.37. The minimum atomic E-state index is -5.29. The van der Waals surface area contributed by atoms with Gasteiger partial charge in [-0.25, -0.2) is 54.8 Å². The molecule has 110 heavy (non-hydrogen) atoms. The summed E-state index contributed by atoms with van der Waals surface area (Å²) < 4.78 is 281. The average Bonchev–Trinajstić information content (AvgIpc) is 0.894. The fraction of sp³-hybridized carbons (Fsp3) is 1.00. The summed E-state index contributed by atoms with van der Waals surface area (Å²) in [5.41, 5.74) is 0. The second-order valence-electron chi connectivity index (χ2n) is 19.7. The van der Waals surface area contributed by atoms with Gasteiger partial charge in [0.15, 0.2) is 0 Å². The Hall–Kier alpha value is 0.880. The first-order chi connectivity index (χ1) is 51.0. The van der Waals surface area contributed by atoms with Crippen LogP contribution in [0.5, 0.6) is 0 Å². The van der Waals surface area contributed by atoms with Crippen molar-refractivity contribution in [3.05, 3.63) is 0 Å². The molecule has 0 aliphatic heterocycles. The van der Waals surface area contributed by atoms with Crippen LogP contribution in [-0.2, 0) is 183 Å². The molecule has 0 heterocycles. The maximum atomic E-state index is 12.9. The van der Waals surface area contributed by atoms with Gasteiger partial charge in [-0.05, 0) is 35.2 Å². The summed E-state index contributed by atoms with van der Waals surface area (Å²) in [5.74, 6) is 0. The smallest absolute Gasteiger partial charge is 0.394 e. The van der Waals surface area contributed by atoms with Crippen molar-refractivity contribution in [1.29, 1.82) is 0 Å². The predicted molar refractivity (Wildman–Crippen MR) is 358 cm³/mol. The van der Waals surface area contributed by atoms with E-state index in [0.29, 0.717) is 0 Å². The van der Waals surface area contributed by atoms with Gasteiger partial charge in [-0.15, -0.1) is 0 Å². The lowest BCUT2D eigenvalue weighted by atomic mass is 10.4. The minimum Gasteiger partial charge on any atom is -0.394 e. The summed E-state index contributed by atoms with van der Waals surface area (Å²) in [6.07, 6.45) is -8.04. The van der Waals surface area contributed by atoms with E-state index in [1.54, 1.807) is 7.05 Å². The molecule has 0 spiro atoms. The van der Waals surface area contributed by atoms with Crippen molar-refractivity contribution in [2.24, 2.45) is 0 Å². The molecule has 59 nitrogen and oxygen atoms in total. The molecule has 16 unspecified atom stereocenters. The van der Waals surface area contributed by atoms with Crippen LogP contribution < -0.4 is 26.6 Å². The van der Waals surface area contributed by atoms with Crippen molar-refractivity contribution in [3.8, 4) is 0 Å².